The number of carboxylic acids is 1. The topological polar surface area (TPSA) is 92.4 Å². The summed E-state index contributed by atoms with van der Waals surface area (Å²) in [6, 6.07) is 1.51. The Hall–Kier alpha value is -2.11. The summed E-state index contributed by atoms with van der Waals surface area (Å²) < 4.78 is 4.58. The fraction of sp³-hybridized carbons (Fsp3) is 0.364. The van der Waals surface area contributed by atoms with E-state index in [1.165, 1.54) is 12.3 Å². The molecule has 2 atom stereocenters. The number of aliphatic carboxylic acids is 1. The molecular weight excluding hydrogens is 224 g/mol. The van der Waals surface area contributed by atoms with Crippen LogP contribution in [0, 0.1) is 11.8 Å². The van der Waals surface area contributed by atoms with E-state index < -0.39 is 17.8 Å². The van der Waals surface area contributed by atoms with Gasteiger partial charge in [-0.15, -0.1) is 0 Å². The maximum Gasteiger partial charge on any atom is 0.307 e. The average Bonchev–Trinajstić information content (AvgIpc) is 2.81. The van der Waals surface area contributed by atoms with Gasteiger partial charge in [0.15, 0.2) is 5.82 Å². The largest absolute Gasteiger partial charge is 0.481 e. The zero-order valence-corrected chi connectivity index (χ0v) is 9.00. The Balaban J connectivity index is 2.07. The van der Waals surface area contributed by atoms with Gasteiger partial charge in [-0.2, -0.15) is 0 Å². The predicted octanol–water partition coefficient (Wildman–Crippen LogP) is 1.28. The van der Waals surface area contributed by atoms with Crippen molar-refractivity contribution in [2.75, 3.05) is 5.32 Å². The molecule has 17 heavy (non-hydrogen) atoms. The molecule has 1 heterocycles. The summed E-state index contributed by atoms with van der Waals surface area (Å²) in [7, 11) is 0. The van der Waals surface area contributed by atoms with Crippen LogP contribution in [0.4, 0.5) is 5.82 Å². The number of anilines is 1. The van der Waals surface area contributed by atoms with E-state index in [2.05, 4.69) is 15.0 Å². The van der Waals surface area contributed by atoms with Crippen LogP contribution in [0.1, 0.15) is 12.8 Å². The number of carbonyl (C=O) groups is 2. The molecule has 1 aromatic rings. The van der Waals surface area contributed by atoms with Gasteiger partial charge < -0.3 is 14.9 Å². The smallest absolute Gasteiger partial charge is 0.307 e. The van der Waals surface area contributed by atoms with Crippen molar-refractivity contribution in [1.82, 2.24) is 5.16 Å². The molecule has 0 saturated heterocycles. The van der Waals surface area contributed by atoms with Gasteiger partial charge in [0.2, 0.25) is 5.91 Å². The van der Waals surface area contributed by atoms with Gasteiger partial charge in [0.1, 0.15) is 6.26 Å². The second kappa shape index (κ2) is 4.82. The molecule has 2 rings (SSSR count). The molecule has 1 amide bonds. The Morgan fingerprint density at radius 2 is 2.06 bits per heavy atom. The lowest BCUT2D eigenvalue weighted by Gasteiger charge is -2.23. The third-order valence-corrected chi connectivity index (χ3v) is 2.78. The molecule has 90 valence electrons. The highest BCUT2D eigenvalue weighted by Gasteiger charge is 2.34. The van der Waals surface area contributed by atoms with Crippen LogP contribution >= 0.6 is 0 Å². The van der Waals surface area contributed by atoms with Crippen LogP contribution < -0.4 is 5.32 Å². The number of rotatable bonds is 3. The number of amides is 1. The minimum absolute atomic E-state index is 0.300. The molecule has 0 bridgehead atoms. The molecule has 0 aliphatic heterocycles. The standard InChI is InChI=1S/C11H12N2O4/c14-10(12-9-5-6-17-13-9)7-3-1-2-4-8(7)11(15)16/h1-2,5-8H,3-4H2,(H,15,16)(H,12,13,14)/t7-,8-/m0/s1. The van der Waals surface area contributed by atoms with Crippen LogP contribution in [0.3, 0.4) is 0 Å². The van der Waals surface area contributed by atoms with Gasteiger partial charge >= 0.3 is 5.97 Å². The molecule has 1 aromatic heterocycles. The minimum Gasteiger partial charge on any atom is -0.481 e. The molecule has 0 saturated carbocycles. The number of allylic oxidation sites excluding steroid dienone is 2. The third kappa shape index (κ3) is 2.52. The minimum atomic E-state index is -0.949. The summed E-state index contributed by atoms with van der Waals surface area (Å²) in [5, 5.41) is 15.1. The molecule has 6 nitrogen and oxygen atoms in total. The normalized spacial score (nSPS) is 23.3. The maximum absolute atomic E-state index is 11.9. The number of hydrogen-bond donors (Lipinski definition) is 2. The zero-order valence-electron chi connectivity index (χ0n) is 9.00. The second-order valence-electron chi connectivity index (χ2n) is 3.87. The van der Waals surface area contributed by atoms with Crippen molar-refractivity contribution in [2.24, 2.45) is 11.8 Å². The Labute approximate surface area is 97.3 Å². The summed E-state index contributed by atoms with van der Waals surface area (Å²) in [6.07, 6.45) is 5.77. The summed E-state index contributed by atoms with van der Waals surface area (Å²) in [4.78, 5) is 22.9. The zero-order chi connectivity index (χ0) is 12.3. The van der Waals surface area contributed by atoms with Gasteiger partial charge in [0, 0.05) is 6.07 Å². The summed E-state index contributed by atoms with van der Waals surface area (Å²) in [5.41, 5.74) is 0. The van der Waals surface area contributed by atoms with E-state index in [9.17, 15) is 9.59 Å². The predicted molar refractivity (Wildman–Crippen MR) is 58.1 cm³/mol. The Morgan fingerprint density at radius 1 is 1.35 bits per heavy atom. The number of hydrogen-bond acceptors (Lipinski definition) is 4. The van der Waals surface area contributed by atoms with Gasteiger partial charge in [-0.3, -0.25) is 9.59 Å². The first kappa shape index (κ1) is 11.4. The molecule has 0 radical (unpaired) electrons. The summed E-state index contributed by atoms with van der Waals surface area (Å²) >= 11 is 0. The van der Waals surface area contributed by atoms with Crippen LogP contribution in [0.15, 0.2) is 29.0 Å². The molecule has 6 heteroatoms. The van der Waals surface area contributed by atoms with E-state index in [0.29, 0.717) is 18.7 Å². The first-order chi connectivity index (χ1) is 8.18. The van der Waals surface area contributed by atoms with Crippen molar-refractivity contribution in [3.8, 4) is 0 Å². The number of aromatic nitrogens is 1. The van der Waals surface area contributed by atoms with Gasteiger partial charge in [-0.05, 0) is 12.8 Å². The highest BCUT2D eigenvalue weighted by atomic mass is 16.5. The van der Waals surface area contributed by atoms with Crippen molar-refractivity contribution >= 4 is 17.7 Å². The summed E-state index contributed by atoms with van der Waals surface area (Å²) in [5.74, 6) is -2.22. The Bertz CT molecular complexity index is 438. The van der Waals surface area contributed by atoms with Crippen LogP contribution in [-0.4, -0.2) is 22.1 Å². The quantitative estimate of drug-likeness (QED) is 0.771. The monoisotopic (exact) mass is 236 g/mol. The van der Waals surface area contributed by atoms with Crippen molar-refractivity contribution in [2.45, 2.75) is 12.8 Å². The van der Waals surface area contributed by atoms with E-state index in [1.54, 1.807) is 6.08 Å². The Kier molecular flexibility index (Phi) is 3.22. The lowest BCUT2D eigenvalue weighted by atomic mass is 9.82. The highest BCUT2D eigenvalue weighted by Crippen LogP contribution is 2.26. The molecule has 1 aliphatic carbocycles. The molecule has 1 aliphatic rings. The fourth-order valence-electron chi connectivity index (χ4n) is 1.87. The first-order valence-corrected chi connectivity index (χ1v) is 5.27. The Morgan fingerprint density at radius 3 is 2.65 bits per heavy atom. The summed E-state index contributed by atoms with van der Waals surface area (Å²) in [6.45, 7) is 0. The highest BCUT2D eigenvalue weighted by molar-refractivity contribution is 5.94. The van der Waals surface area contributed by atoms with E-state index in [4.69, 9.17) is 5.11 Å². The van der Waals surface area contributed by atoms with Crippen LogP contribution in [0.25, 0.3) is 0 Å². The van der Waals surface area contributed by atoms with Crippen LogP contribution in [-0.2, 0) is 9.59 Å². The van der Waals surface area contributed by atoms with Crippen molar-refractivity contribution in [3.05, 3.63) is 24.5 Å². The maximum atomic E-state index is 11.9. The number of carbonyl (C=O) groups excluding carboxylic acids is 1. The van der Waals surface area contributed by atoms with Gasteiger partial charge in [-0.1, -0.05) is 17.3 Å². The van der Waals surface area contributed by atoms with Crippen molar-refractivity contribution in [1.29, 1.82) is 0 Å². The molecule has 0 fully saturated rings. The van der Waals surface area contributed by atoms with E-state index in [-0.39, 0.29) is 5.91 Å². The van der Waals surface area contributed by atoms with Crippen LogP contribution in [0.5, 0.6) is 0 Å². The lowest BCUT2D eigenvalue weighted by molar-refractivity contribution is -0.146. The van der Waals surface area contributed by atoms with E-state index in [1.807, 2.05) is 6.08 Å². The van der Waals surface area contributed by atoms with Crippen molar-refractivity contribution < 1.29 is 19.2 Å². The number of carboxylic acid groups (broad SMARTS) is 1. The second-order valence-corrected chi connectivity index (χ2v) is 3.87. The van der Waals surface area contributed by atoms with E-state index in [0.717, 1.165) is 0 Å². The number of nitrogens with one attached hydrogen (secondary N) is 1. The molecule has 0 spiro atoms. The first-order valence-electron chi connectivity index (χ1n) is 5.27. The van der Waals surface area contributed by atoms with Gasteiger partial charge in [0.25, 0.3) is 0 Å². The average molecular weight is 236 g/mol. The molecule has 0 aromatic carbocycles. The van der Waals surface area contributed by atoms with Crippen molar-refractivity contribution in [3.63, 3.8) is 0 Å². The number of nitrogens with zero attached hydrogens (tertiary/aromatic N) is 1. The third-order valence-electron chi connectivity index (χ3n) is 2.78. The molecule has 0 unspecified atom stereocenters. The van der Waals surface area contributed by atoms with Gasteiger partial charge in [-0.25, -0.2) is 0 Å². The SMILES string of the molecule is O=C(O)[C@H]1CC=CC[C@@H]1C(=O)Nc1ccon1. The van der Waals surface area contributed by atoms with E-state index >= 15 is 0 Å². The van der Waals surface area contributed by atoms with Crippen LogP contribution in [0.2, 0.25) is 0 Å². The molecule has 2 N–H and O–H groups in total. The lowest BCUT2D eigenvalue weighted by Crippen LogP contribution is -2.34. The van der Waals surface area contributed by atoms with Gasteiger partial charge in [0.05, 0.1) is 11.8 Å². The molecular formula is C11H12N2O4. The fourth-order valence-corrected chi connectivity index (χ4v) is 1.87.